The van der Waals surface area contributed by atoms with Crippen molar-refractivity contribution in [1.82, 2.24) is 4.98 Å². The highest BCUT2D eigenvalue weighted by atomic mass is 19.1. The van der Waals surface area contributed by atoms with Gasteiger partial charge in [0.25, 0.3) is 5.91 Å². The summed E-state index contributed by atoms with van der Waals surface area (Å²) in [7, 11) is 0. The van der Waals surface area contributed by atoms with Crippen LogP contribution in [-0.4, -0.2) is 21.9 Å². The summed E-state index contributed by atoms with van der Waals surface area (Å²) in [5.41, 5.74) is 6.87. The Hall–Kier alpha value is -2.96. The van der Waals surface area contributed by atoms with Crippen LogP contribution in [0, 0.1) is 12.7 Å². The largest absolute Gasteiger partial charge is 0.409 e. The zero-order chi connectivity index (χ0) is 15.4. The number of pyridine rings is 1. The van der Waals surface area contributed by atoms with Gasteiger partial charge < -0.3 is 16.3 Å². The van der Waals surface area contributed by atoms with Crippen molar-refractivity contribution in [3.05, 3.63) is 59.2 Å². The number of carbonyl (C=O) groups excluding carboxylic acids is 1. The molecule has 0 spiro atoms. The molecule has 6 nitrogen and oxygen atoms in total. The molecule has 0 fully saturated rings. The summed E-state index contributed by atoms with van der Waals surface area (Å²) in [6, 6.07) is 6.29. The van der Waals surface area contributed by atoms with Crippen LogP contribution >= 0.6 is 0 Å². The van der Waals surface area contributed by atoms with E-state index in [0.29, 0.717) is 16.8 Å². The van der Waals surface area contributed by atoms with Crippen LogP contribution in [0.25, 0.3) is 0 Å². The number of anilines is 1. The second kappa shape index (κ2) is 6.00. The number of aryl methyl sites for hydroxylation is 1. The maximum Gasteiger partial charge on any atom is 0.258 e. The molecule has 108 valence electrons. The number of nitrogens with zero attached hydrogens (tertiary/aromatic N) is 2. The number of rotatable bonds is 3. The third-order valence-corrected chi connectivity index (χ3v) is 2.90. The first-order valence-electron chi connectivity index (χ1n) is 6.03. The number of aromatic nitrogens is 1. The summed E-state index contributed by atoms with van der Waals surface area (Å²) < 4.78 is 13.5. The van der Waals surface area contributed by atoms with Gasteiger partial charge in [0.1, 0.15) is 0 Å². The molecule has 0 unspecified atom stereocenters. The van der Waals surface area contributed by atoms with Gasteiger partial charge in [-0.2, -0.15) is 0 Å². The fourth-order valence-electron chi connectivity index (χ4n) is 1.91. The molecular formula is C14H13FN4O2. The van der Waals surface area contributed by atoms with Gasteiger partial charge in [0.15, 0.2) is 11.7 Å². The van der Waals surface area contributed by atoms with Crippen LogP contribution in [0.15, 0.2) is 41.8 Å². The molecular weight excluding hydrogens is 275 g/mol. The van der Waals surface area contributed by atoms with E-state index in [0.717, 1.165) is 6.20 Å². The molecule has 0 bridgehead atoms. The lowest BCUT2D eigenvalue weighted by Gasteiger charge is -2.12. The molecule has 2 rings (SSSR count). The second-order valence-electron chi connectivity index (χ2n) is 4.29. The molecule has 0 aliphatic carbocycles. The molecule has 1 amide bonds. The zero-order valence-electron chi connectivity index (χ0n) is 11.2. The summed E-state index contributed by atoms with van der Waals surface area (Å²) in [5.74, 6) is -1.51. The van der Waals surface area contributed by atoms with Crippen LogP contribution in [0.5, 0.6) is 0 Å². The molecule has 2 aromatic rings. The standard InChI is InChI=1S/C14H13FN4O2/c1-8-3-2-4-11(12(8)13(16)19-21)18-14(20)9-5-6-17-7-10(9)15/h2-7,21H,1H3,(H2,16,19)(H,18,20). The first-order valence-corrected chi connectivity index (χ1v) is 6.03. The molecule has 0 aliphatic rings. The minimum absolute atomic E-state index is 0.140. The van der Waals surface area contributed by atoms with E-state index in [2.05, 4.69) is 15.5 Å². The SMILES string of the molecule is Cc1cccc(NC(=O)c2ccncc2F)c1/C(N)=N/O. The Balaban J connectivity index is 2.39. The van der Waals surface area contributed by atoms with E-state index in [9.17, 15) is 9.18 Å². The van der Waals surface area contributed by atoms with Crippen LogP contribution in [0.2, 0.25) is 0 Å². The van der Waals surface area contributed by atoms with Gasteiger partial charge in [-0.3, -0.25) is 9.78 Å². The third-order valence-electron chi connectivity index (χ3n) is 2.90. The van der Waals surface area contributed by atoms with Gasteiger partial charge in [-0.1, -0.05) is 17.3 Å². The minimum Gasteiger partial charge on any atom is -0.409 e. The van der Waals surface area contributed by atoms with Crippen molar-refractivity contribution in [2.45, 2.75) is 6.92 Å². The van der Waals surface area contributed by atoms with E-state index in [1.54, 1.807) is 25.1 Å². The predicted octanol–water partition coefficient (Wildman–Crippen LogP) is 1.88. The summed E-state index contributed by atoms with van der Waals surface area (Å²) in [6.07, 6.45) is 2.27. The van der Waals surface area contributed by atoms with Crippen molar-refractivity contribution in [2.24, 2.45) is 10.9 Å². The molecule has 0 radical (unpaired) electrons. The Kier molecular flexibility index (Phi) is 4.13. The van der Waals surface area contributed by atoms with Crippen molar-refractivity contribution < 1.29 is 14.4 Å². The fraction of sp³-hybridized carbons (Fsp3) is 0.0714. The van der Waals surface area contributed by atoms with Gasteiger partial charge in [-0.25, -0.2) is 4.39 Å². The highest BCUT2D eigenvalue weighted by Gasteiger charge is 2.16. The lowest BCUT2D eigenvalue weighted by atomic mass is 10.1. The fourth-order valence-corrected chi connectivity index (χ4v) is 1.91. The van der Waals surface area contributed by atoms with Crippen molar-refractivity contribution in [3.63, 3.8) is 0 Å². The number of carbonyl (C=O) groups is 1. The van der Waals surface area contributed by atoms with E-state index in [1.807, 2.05) is 0 Å². The van der Waals surface area contributed by atoms with Gasteiger partial charge in [-0.05, 0) is 24.6 Å². The first-order chi connectivity index (χ1) is 10.0. The monoisotopic (exact) mass is 288 g/mol. The zero-order valence-corrected chi connectivity index (χ0v) is 11.2. The number of amides is 1. The van der Waals surface area contributed by atoms with Gasteiger partial charge in [0, 0.05) is 11.8 Å². The number of hydrogen-bond donors (Lipinski definition) is 3. The predicted molar refractivity (Wildman–Crippen MR) is 75.8 cm³/mol. The average Bonchev–Trinajstić information content (AvgIpc) is 2.47. The van der Waals surface area contributed by atoms with Gasteiger partial charge >= 0.3 is 0 Å². The molecule has 1 aromatic heterocycles. The second-order valence-corrected chi connectivity index (χ2v) is 4.29. The van der Waals surface area contributed by atoms with E-state index < -0.39 is 11.7 Å². The van der Waals surface area contributed by atoms with Crippen LogP contribution in [0.3, 0.4) is 0 Å². The maximum atomic E-state index is 13.5. The molecule has 1 aromatic carbocycles. The number of hydrogen-bond acceptors (Lipinski definition) is 4. The quantitative estimate of drug-likeness (QED) is 0.347. The Morgan fingerprint density at radius 1 is 1.43 bits per heavy atom. The summed E-state index contributed by atoms with van der Waals surface area (Å²) >= 11 is 0. The van der Waals surface area contributed by atoms with Crippen molar-refractivity contribution in [1.29, 1.82) is 0 Å². The first kappa shape index (κ1) is 14.4. The smallest absolute Gasteiger partial charge is 0.258 e. The lowest BCUT2D eigenvalue weighted by molar-refractivity contribution is 0.102. The van der Waals surface area contributed by atoms with Crippen LogP contribution in [0.1, 0.15) is 21.5 Å². The number of halogens is 1. The number of nitrogens with one attached hydrogen (secondary N) is 1. The number of nitrogens with two attached hydrogens (primary N) is 1. The van der Waals surface area contributed by atoms with Crippen LogP contribution in [0.4, 0.5) is 10.1 Å². The molecule has 0 atom stereocenters. The highest BCUT2D eigenvalue weighted by molar-refractivity contribution is 6.10. The van der Waals surface area contributed by atoms with Gasteiger partial charge in [-0.15, -0.1) is 0 Å². The van der Waals surface area contributed by atoms with E-state index >= 15 is 0 Å². The van der Waals surface area contributed by atoms with Crippen LogP contribution < -0.4 is 11.1 Å². The molecule has 7 heteroatoms. The van der Waals surface area contributed by atoms with Crippen LogP contribution in [-0.2, 0) is 0 Å². The number of oxime groups is 1. The molecule has 4 N–H and O–H groups in total. The number of amidine groups is 1. The molecule has 0 saturated carbocycles. The summed E-state index contributed by atoms with van der Waals surface area (Å²) in [6.45, 7) is 1.75. The van der Waals surface area contributed by atoms with E-state index in [-0.39, 0.29) is 11.4 Å². The van der Waals surface area contributed by atoms with Gasteiger partial charge in [0.2, 0.25) is 0 Å². The normalized spacial score (nSPS) is 11.2. The topological polar surface area (TPSA) is 101 Å². The average molecular weight is 288 g/mol. The lowest BCUT2D eigenvalue weighted by Crippen LogP contribution is -2.21. The van der Waals surface area contributed by atoms with Crippen molar-refractivity contribution in [2.75, 3.05) is 5.32 Å². The van der Waals surface area contributed by atoms with Crippen molar-refractivity contribution >= 4 is 17.4 Å². The Morgan fingerprint density at radius 3 is 2.86 bits per heavy atom. The third kappa shape index (κ3) is 2.97. The van der Waals surface area contributed by atoms with Gasteiger partial charge in [0.05, 0.1) is 17.4 Å². The van der Waals surface area contributed by atoms with E-state index in [1.165, 1.54) is 12.3 Å². The summed E-state index contributed by atoms with van der Waals surface area (Å²) in [4.78, 5) is 15.7. The maximum absolute atomic E-state index is 13.5. The Bertz CT molecular complexity index is 716. The highest BCUT2D eigenvalue weighted by Crippen LogP contribution is 2.20. The summed E-state index contributed by atoms with van der Waals surface area (Å²) in [5, 5.41) is 14.3. The Morgan fingerprint density at radius 2 is 2.19 bits per heavy atom. The number of benzene rings is 1. The minimum atomic E-state index is -0.729. The molecule has 21 heavy (non-hydrogen) atoms. The molecule has 1 heterocycles. The molecule has 0 aliphatic heterocycles. The van der Waals surface area contributed by atoms with E-state index in [4.69, 9.17) is 10.9 Å². The molecule has 0 saturated heterocycles. The Labute approximate surface area is 120 Å². The van der Waals surface area contributed by atoms with Crippen molar-refractivity contribution in [3.8, 4) is 0 Å².